The van der Waals surface area contributed by atoms with Gasteiger partial charge in [-0.3, -0.25) is 9.48 Å². The molecule has 0 aliphatic rings. The van der Waals surface area contributed by atoms with Gasteiger partial charge in [0.25, 0.3) is 5.91 Å². The van der Waals surface area contributed by atoms with Gasteiger partial charge in [0.05, 0.1) is 10.6 Å². The van der Waals surface area contributed by atoms with E-state index in [0.717, 1.165) is 37.8 Å². The molecule has 0 saturated heterocycles. The van der Waals surface area contributed by atoms with E-state index < -0.39 is 0 Å². The average Bonchev–Trinajstić information content (AvgIpc) is 3.02. The molecule has 0 spiro atoms. The standard InChI is InChI=1S/C16H16ClN3OS/c1-10-13-9-14(22-16(13)20(2)19-10)15(21)18-7-6-11-4-3-5-12(17)8-11/h3-5,8-9H,6-7H2,1-2H3,(H,18,21). The molecule has 22 heavy (non-hydrogen) atoms. The van der Waals surface area contributed by atoms with Crippen molar-refractivity contribution in [3.8, 4) is 0 Å². The maximum Gasteiger partial charge on any atom is 0.261 e. The van der Waals surface area contributed by atoms with E-state index in [9.17, 15) is 4.79 Å². The Kier molecular flexibility index (Phi) is 4.18. The van der Waals surface area contributed by atoms with E-state index in [-0.39, 0.29) is 5.91 Å². The van der Waals surface area contributed by atoms with Crippen LogP contribution in [0.3, 0.4) is 0 Å². The number of aryl methyl sites for hydroxylation is 2. The van der Waals surface area contributed by atoms with Crippen LogP contribution >= 0.6 is 22.9 Å². The van der Waals surface area contributed by atoms with Gasteiger partial charge in [-0.15, -0.1) is 11.3 Å². The Bertz CT molecular complexity index is 803. The SMILES string of the molecule is Cc1nn(C)c2sc(C(=O)NCCc3cccc(Cl)c3)cc12. The molecule has 0 unspecified atom stereocenters. The maximum atomic E-state index is 12.2. The maximum absolute atomic E-state index is 12.2. The fraction of sp³-hybridized carbons (Fsp3) is 0.250. The Morgan fingerprint density at radius 3 is 2.95 bits per heavy atom. The van der Waals surface area contributed by atoms with Crippen LogP contribution in [0.5, 0.6) is 0 Å². The number of amides is 1. The Morgan fingerprint density at radius 1 is 1.41 bits per heavy atom. The highest BCUT2D eigenvalue weighted by Gasteiger charge is 2.14. The third-order valence-corrected chi connectivity index (χ3v) is 4.94. The molecule has 114 valence electrons. The molecule has 1 N–H and O–H groups in total. The lowest BCUT2D eigenvalue weighted by Crippen LogP contribution is -2.24. The summed E-state index contributed by atoms with van der Waals surface area (Å²) >= 11 is 7.42. The third-order valence-electron chi connectivity index (χ3n) is 3.51. The van der Waals surface area contributed by atoms with Crippen molar-refractivity contribution < 1.29 is 4.79 Å². The topological polar surface area (TPSA) is 46.9 Å². The smallest absolute Gasteiger partial charge is 0.261 e. The number of aromatic nitrogens is 2. The number of carbonyl (C=O) groups excluding carboxylic acids is 1. The summed E-state index contributed by atoms with van der Waals surface area (Å²) in [7, 11) is 1.90. The van der Waals surface area contributed by atoms with Gasteiger partial charge in [-0.25, -0.2) is 0 Å². The predicted octanol–water partition coefficient (Wildman–Crippen LogP) is 3.57. The van der Waals surface area contributed by atoms with Gasteiger partial charge in [0.2, 0.25) is 0 Å². The van der Waals surface area contributed by atoms with Gasteiger partial charge < -0.3 is 5.32 Å². The molecule has 0 fully saturated rings. The molecule has 2 aromatic heterocycles. The molecule has 0 atom stereocenters. The second kappa shape index (κ2) is 6.10. The fourth-order valence-corrected chi connectivity index (χ4v) is 3.67. The monoisotopic (exact) mass is 333 g/mol. The van der Waals surface area contributed by atoms with Crippen molar-refractivity contribution in [1.29, 1.82) is 0 Å². The van der Waals surface area contributed by atoms with E-state index in [2.05, 4.69) is 10.4 Å². The molecule has 1 aromatic carbocycles. The van der Waals surface area contributed by atoms with Crippen LogP contribution in [-0.2, 0) is 13.5 Å². The van der Waals surface area contributed by atoms with Crippen molar-refractivity contribution in [1.82, 2.24) is 15.1 Å². The Balaban J connectivity index is 1.65. The van der Waals surface area contributed by atoms with Gasteiger partial charge in [0, 0.05) is 24.0 Å². The summed E-state index contributed by atoms with van der Waals surface area (Å²) in [4.78, 5) is 14.0. The second-order valence-corrected chi connectivity index (χ2v) is 6.64. The van der Waals surface area contributed by atoms with Gasteiger partial charge in [-0.05, 0) is 37.1 Å². The summed E-state index contributed by atoms with van der Waals surface area (Å²) in [6.07, 6.45) is 0.762. The van der Waals surface area contributed by atoms with Crippen LogP contribution < -0.4 is 5.32 Å². The molecule has 1 amide bonds. The highest BCUT2D eigenvalue weighted by atomic mass is 35.5. The molecular formula is C16H16ClN3OS. The van der Waals surface area contributed by atoms with Crippen molar-refractivity contribution in [2.24, 2.45) is 7.05 Å². The van der Waals surface area contributed by atoms with Crippen LogP contribution in [0.4, 0.5) is 0 Å². The number of halogens is 1. The van der Waals surface area contributed by atoms with Crippen molar-refractivity contribution >= 4 is 39.1 Å². The van der Waals surface area contributed by atoms with E-state index in [4.69, 9.17) is 11.6 Å². The summed E-state index contributed by atoms with van der Waals surface area (Å²) < 4.78 is 1.82. The van der Waals surface area contributed by atoms with E-state index >= 15 is 0 Å². The molecule has 3 rings (SSSR count). The minimum Gasteiger partial charge on any atom is -0.351 e. The number of fused-ring (bicyclic) bond motifs is 1. The van der Waals surface area contributed by atoms with Gasteiger partial charge in [0.15, 0.2) is 0 Å². The average molecular weight is 334 g/mol. The lowest BCUT2D eigenvalue weighted by Gasteiger charge is -2.04. The Labute approximate surface area is 137 Å². The van der Waals surface area contributed by atoms with Gasteiger partial charge in [-0.1, -0.05) is 23.7 Å². The number of carbonyl (C=O) groups is 1. The van der Waals surface area contributed by atoms with Gasteiger partial charge in [-0.2, -0.15) is 5.10 Å². The number of hydrogen-bond donors (Lipinski definition) is 1. The predicted molar refractivity (Wildman–Crippen MR) is 90.8 cm³/mol. The molecule has 0 radical (unpaired) electrons. The van der Waals surface area contributed by atoms with E-state index in [1.165, 1.54) is 11.3 Å². The van der Waals surface area contributed by atoms with Gasteiger partial charge >= 0.3 is 0 Å². The second-order valence-electron chi connectivity index (χ2n) is 5.17. The molecule has 0 saturated carbocycles. The van der Waals surface area contributed by atoms with Crippen LogP contribution in [0.25, 0.3) is 10.2 Å². The first-order valence-electron chi connectivity index (χ1n) is 7.00. The lowest BCUT2D eigenvalue weighted by molar-refractivity contribution is 0.0958. The number of thiophene rings is 1. The number of benzene rings is 1. The van der Waals surface area contributed by atoms with Crippen LogP contribution in [0.15, 0.2) is 30.3 Å². The van der Waals surface area contributed by atoms with Crippen molar-refractivity contribution in [3.05, 3.63) is 51.5 Å². The minimum atomic E-state index is -0.0392. The van der Waals surface area contributed by atoms with Crippen molar-refractivity contribution in [2.45, 2.75) is 13.3 Å². The first kappa shape index (κ1) is 15.1. The van der Waals surface area contributed by atoms with Crippen molar-refractivity contribution in [3.63, 3.8) is 0 Å². The molecule has 0 aliphatic heterocycles. The number of rotatable bonds is 4. The summed E-state index contributed by atoms with van der Waals surface area (Å²) in [5, 5.41) is 9.07. The first-order chi connectivity index (χ1) is 10.5. The zero-order valence-corrected chi connectivity index (χ0v) is 14.0. The van der Waals surface area contributed by atoms with Gasteiger partial charge in [0.1, 0.15) is 4.83 Å². The number of hydrogen-bond acceptors (Lipinski definition) is 3. The molecule has 2 heterocycles. The fourth-order valence-electron chi connectivity index (χ4n) is 2.42. The molecule has 3 aromatic rings. The zero-order valence-electron chi connectivity index (χ0n) is 12.4. The van der Waals surface area contributed by atoms with E-state index in [1.807, 2.05) is 49.0 Å². The third kappa shape index (κ3) is 3.00. The van der Waals surface area contributed by atoms with Crippen molar-refractivity contribution in [2.75, 3.05) is 6.54 Å². The lowest BCUT2D eigenvalue weighted by atomic mass is 10.1. The van der Waals surface area contributed by atoms with E-state index in [0.29, 0.717) is 6.54 Å². The molecule has 0 bridgehead atoms. The van der Waals surface area contributed by atoms with Crippen LogP contribution in [0, 0.1) is 6.92 Å². The largest absolute Gasteiger partial charge is 0.351 e. The van der Waals surface area contributed by atoms with E-state index in [1.54, 1.807) is 0 Å². The Hall–Kier alpha value is -1.85. The Morgan fingerprint density at radius 2 is 2.23 bits per heavy atom. The van der Waals surface area contributed by atoms with Crippen LogP contribution in [0.1, 0.15) is 20.9 Å². The zero-order chi connectivity index (χ0) is 15.7. The molecule has 6 heteroatoms. The number of nitrogens with one attached hydrogen (secondary N) is 1. The van der Waals surface area contributed by atoms with Crippen LogP contribution in [-0.4, -0.2) is 22.2 Å². The highest BCUT2D eigenvalue weighted by molar-refractivity contribution is 7.20. The molecule has 4 nitrogen and oxygen atoms in total. The first-order valence-corrected chi connectivity index (χ1v) is 8.20. The summed E-state index contributed by atoms with van der Waals surface area (Å²) in [5.41, 5.74) is 2.07. The summed E-state index contributed by atoms with van der Waals surface area (Å²) in [5.74, 6) is -0.0392. The molecular weight excluding hydrogens is 318 g/mol. The highest BCUT2D eigenvalue weighted by Crippen LogP contribution is 2.27. The van der Waals surface area contributed by atoms with Crippen LogP contribution in [0.2, 0.25) is 5.02 Å². The molecule has 0 aliphatic carbocycles. The minimum absolute atomic E-state index is 0.0392. The summed E-state index contributed by atoms with van der Waals surface area (Å²) in [6.45, 7) is 2.54. The normalized spacial score (nSPS) is 11.0. The quantitative estimate of drug-likeness (QED) is 0.793. The summed E-state index contributed by atoms with van der Waals surface area (Å²) in [6, 6.07) is 9.60. The number of nitrogens with zero attached hydrogens (tertiary/aromatic N) is 2.